The van der Waals surface area contributed by atoms with Gasteiger partial charge in [0, 0.05) is 24.9 Å². The number of rotatable bonds is 1. The normalized spacial score (nSPS) is 30.4. The number of hydrogen-bond acceptors (Lipinski definition) is 3. The van der Waals surface area contributed by atoms with Crippen LogP contribution in [0.5, 0.6) is 0 Å². The van der Waals surface area contributed by atoms with Crippen molar-refractivity contribution in [3.8, 4) is 0 Å². The lowest BCUT2D eigenvalue weighted by Gasteiger charge is -2.44. The number of benzene rings is 1. The van der Waals surface area contributed by atoms with E-state index >= 15 is 0 Å². The molecule has 1 N–H and O–H groups in total. The number of hydrogen-bond donors (Lipinski definition) is 1. The summed E-state index contributed by atoms with van der Waals surface area (Å²) in [5.74, 6) is 0. The molecule has 1 aromatic carbocycles. The summed E-state index contributed by atoms with van der Waals surface area (Å²) in [6.45, 7) is 7.71. The first kappa shape index (κ1) is 16.3. The largest absolute Gasteiger partial charge is 0.444 e. The van der Waals surface area contributed by atoms with Crippen molar-refractivity contribution in [2.75, 3.05) is 0 Å². The van der Waals surface area contributed by atoms with Gasteiger partial charge in [0.05, 0.1) is 5.60 Å². The third-order valence-corrected chi connectivity index (χ3v) is 4.93. The maximum Gasteiger partial charge on any atom is 0.410 e. The molecule has 4 nitrogen and oxygen atoms in total. The minimum atomic E-state index is -0.837. The number of carbonyl (C=O) groups is 1. The molecule has 2 unspecified atom stereocenters. The van der Waals surface area contributed by atoms with Crippen molar-refractivity contribution in [1.82, 2.24) is 4.90 Å². The molecule has 2 bridgehead atoms. The number of nitrogens with zero attached hydrogens (tertiary/aromatic N) is 1. The number of fused-ring (bicyclic) bond motifs is 2. The van der Waals surface area contributed by atoms with Gasteiger partial charge in [-0.1, -0.05) is 29.8 Å². The van der Waals surface area contributed by atoms with E-state index < -0.39 is 11.2 Å². The molecule has 2 atom stereocenters. The van der Waals surface area contributed by atoms with Gasteiger partial charge in [0.25, 0.3) is 0 Å². The Morgan fingerprint density at radius 2 is 1.87 bits per heavy atom. The molecule has 1 amide bonds. The van der Waals surface area contributed by atoms with E-state index in [1.54, 1.807) is 0 Å². The molecule has 2 heterocycles. The molecule has 2 saturated heterocycles. The van der Waals surface area contributed by atoms with Gasteiger partial charge in [-0.15, -0.1) is 0 Å². The topological polar surface area (TPSA) is 49.8 Å². The molecule has 3 rings (SSSR count). The fourth-order valence-corrected chi connectivity index (χ4v) is 4.01. The van der Waals surface area contributed by atoms with E-state index in [1.165, 1.54) is 0 Å². The SMILES string of the molecule is Cc1cccc(C2(O)CC3CCC(C2)N3C(=O)OC(C)(C)C)c1. The highest BCUT2D eigenvalue weighted by atomic mass is 16.6. The van der Waals surface area contributed by atoms with Gasteiger partial charge in [-0.05, 0) is 46.1 Å². The number of amides is 1. The lowest BCUT2D eigenvalue weighted by molar-refractivity contribution is -0.0624. The van der Waals surface area contributed by atoms with Gasteiger partial charge in [-0.2, -0.15) is 0 Å². The molecule has 23 heavy (non-hydrogen) atoms. The van der Waals surface area contributed by atoms with Crippen LogP contribution in [0.4, 0.5) is 4.79 Å². The molecule has 2 aliphatic heterocycles. The summed E-state index contributed by atoms with van der Waals surface area (Å²) in [6, 6.07) is 8.21. The number of aryl methyl sites for hydroxylation is 1. The zero-order valence-corrected chi connectivity index (χ0v) is 14.5. The Balaban J connectivity index is 1.80. The van der Waals surface area contributed by atoms with Gasteiger partial charge in [0.1, 0.15) is 5.60 Å². The zero-order valence-electron chi connectivity index (χ0n) is 14.5. The van der Waals surface area contributed by atoms with E-state index in [2.05, 4.69) is 6.07 Å². The van der Waals surface area contributed by atoms with E-state index in [-0.39, 0.29) is 18.2 Å². The Morgan fingerprint density at radius 3 is 2.39 bits per heavy atom. The standard InChI is InChI=1S/C19H27NO3/c1-13-6-5-7-14(10-13)19(22)11-15-8-9-16(12-19)20(15)17(21)23-18(2,3)4/h5-7,10,15-16,22H,8-9,11-12H2,1-4H3. The smallest absolute Gasteiger partial charge is 0.410 e. The number of carbonyl (C=O) groups excluding carboxylic acids is 1. The van der Waals surface area contributed by atoms with E-state index in [9.17, 15) is 9.90 Å². The van der Waals surface area contributed by atoms with E-state index in [4.69, 9.17) is 4.74 Å². The van der Waals surface area contributed by atoms with Crippen LogP contribution in [0, 0.1) is 6.92 Å². The highest BCUT2D eigenvalue weighted by molar-refractivity contribution is 5.69. The molecule has 2 fully saturated rings. The van der Waals surface area contributed by atoms with Crippen LogP contribution < -0.4 is 0 Å². The average molecular weight is 317 g/mol. The minimum absolute atomic E-state index is 0.0640. The van der Waals surface area contributed by atoms with Crippen LogP contribution in [-0.4, -0.2) is 33.8 Å². The van der Waals surface area contributed by atoms with E-state index in [0.717, 1.165) is 24.0 Å². The van der Waals surface area contributed by atoms with Crippen molar-refractivity contribution in [2.24, 2.45) is 0 Å². The lowest BCUT2D eigenvalue weighted by atomic mass is 9.80. The van der Waals surface area contributed by atoms with Crippen LogP contribution in [0.3, 0.4) is 0 Å². The quantitative estimate of drug-likeness (QED) is 0.858. The van der Waals surface area contributed by atoms with Crippen molar-refractivity contribution in [3.63, 3.8) is 0 Å². The second-order valence-electron chi connectivity index (χ2n) is 8.08. The van der Waals surface area contributed by atoms with Crippen LogP contribution in [-0.2, 0) is 10.3 Å². The van der Waals surface area contributed by atoms with Gasteiger partial charge in [-0.3, -0.25) is 0 Å². The fourth-order valence-electron chi connectivity index (χ4n) is 4.01. The Labute approximate surface area is 138 Å². The first-order valence-corrected chi connectivity index (χ1v) is 8.49. The molecular weight excluding hydrogens is 290 g/mol. The second kappa shape index (κ2) is 5.52. The number of aliphatic hydroxyl groups is 1. The fraction of sp³-hybridized carbons (Fsp3) is 0.632. The summed E-state index contributed by atoms with van der Waals surface area (Å²) >= 11 is 0. The van der Waals surface area contributed by atoms with E-state index in [0.29, 0.717) is 12.8 Å². The summed E-state index contributed by atoms with van der Waals surface area (Å²) < 4.78 is 5.56. The summed E-state index contributed by atoms with van der Waals surface area (Å²) in [6.07, 6.45) is 2.82. The summed E-state index contributed by atoms with van der Waals surface area (Å²) in [7, 11) is 0. The molecule has 2 aliphatic rings. The van der Waals surface area contributed by atoms with Gasteiger partial charge < -0.3 is 14.7 Å². The zero-order chi connectivity index (χ0) is 16.8. The van der Waals surface area contributed by atoms with Crippen LogP contribution in [0.1, 0.15) is 57.6 Å². The first-order valence-electron chi connectivity index (χ1n) is 8.49. The predicted molar refractivity (Wildman–Crippen MR) is 89.2 cm³/mol. The molecule has 0 radical (unpaired) electrons. The monoisotopic (exact) mass is 317 g/mol. The van der Waals surface area contributed by atoms with Gasteiger partial charge >= 0.3 is 6.09 Å². The maximum atomic E-state index is 12.5. The maximum absolute atomic E-state index is 12.5. The Bertz CT molecular complexity index is 591. The van der Waals surface area contributed by atoms with Gasteiger partial charge in [-0.25, -0.2) is 4.79 Å². The van der Waals surface area contributed by atoms with Crippen molar-refractivity contribution in [3.05, 3.63) is 35.4 Å². The molecular formula is C19H27NO3. The van der Waals surface area contributed by atoms with Gasteiger partial charge in [0.2, 0.25) is 0 Å². The summed E-state index contributed by atoms with van der Waals surface area (Å²) in [5.41, 5.74) is 0.799. The Morgan fingerprint density at radius 1 is 1.26 bits per heavy atom. The number of piperidine rings is 1. The lowest BCUT2D eigenvalue weighted by Crippen LogP contribution is -2.53. The predicted octanol–water partition coefficient (Wildman–Crippen LogP) is 3.74. The molecule has 4 heteroatoms. The second-order valence-corrected chi connectivity index (χ2v) is 8.08. The first-order chi connectivity index (χ1) is 10.7. The van der Waals surface area contributed by atoms with Crippen molar-refractivity contribution >= 4 is 6.09 Å². The van der Waals surface area contributed by atoms with Crippen molar-refractivity contribution in [1.29, 1.82) is 0 Å². The Hall–Kier alpha value is -1.55. The van der Waals surface area contributed by atoms with Crippen LogP contribution >= 0.6 is 0 Å². The molecule has 0 saturated carbocycles. The van der Waals surface area contributed by atoms with Crippen LogP contribution in [0.2, 0.25) is 0 Å². The Kier molecular flexibility index (Phi) is 3.91. The molecule has 0 aromatic heterocycles. The molecule has 0 spiro atoms. The molecule has 126 valence electrons. The third-order valence-electron chi connectivity index (χ3n) is 4.93. The molecule has 0 aliphatic carbocycles. The third kappa shape index (κ3) is 3.23. The van der Waals surface area contributed by atoms with Crippen molar-refractivity contribution in [2.45, 2.75) is 76.7 Å². The van der Waals surface area contributed by atoms with Gasteiger partial charge in [0.15, 0.2) is 0 Å². The number of ether oxygens (including phenoxy) is 1. The average Bonchev–Trinajstić information content (AvgIpc) is 2.70. The van der Waals surface area contributed by atoms with Crippen molar-refractivity contribution < 1.29 is 14.6 Å². The minimum Gasteiger partial charge on any atom is -0.444 e. The van der Waals surface area contributed by atoms with E-state index in [1.807, 2.05) is 50.8 Å². The molecule has 1 aromatic rings. The summed E-state index contributed by atoms with van der Waals surface area (Å²) in [4.78, 5) is 14.4. The van der Waals surface area contributed by atoms with Crippen LogP contribution in [0.25, 0.3) is 0 Å². The summed E-state index contributed by atoms with van der Waals surface area (Å²) in [5, 5.41) is 11.2. The van der Waals surface area contributed by atoms with Crippen LogP contribution in [0.15, 0.2) is 24.3 Å². The highest BCUT2D eigenvalue weighted by Gasteiger charge is 2.51. The highest BCUT2D eigenvalue weighted by Crippen LogP contribution is 2.46.